The van der Waals surface area contributed by atoms with E-state index in [-0.39, 0.29) is 5.43 Å². The van der Waals surface area contributed by atoms with Crippen molar-refractivity contribution in [2.24, 2.45) is 0 Å². The van der Waals surface area contributed by atoms with Crippen LogP contribution in [0.2, 0.25) is 0 Å². The molecule has 0 spiro atoms. The second-order valence-corrected chi connectivity index (χ2v) is 4.24. The highest BCUT2D eigenvalue weighted by molar-refractivity contribution is 14.1. The van der Waals surface area contributed by atoms with Crippen molar-refractivity contribution in [1.29, 1.82) is 0 Å². The summed E-state index contributed by atoms with van der Waals surface area (Å²) in [6.45, 7) is 1.78. The molecule has 0 bridgehead atoms. The summed E-state index contributed by atoms with van der Waals surface area (Å²) in [5.41, 5.74) is 0.578. The summed E-state index contributed by atoms with van der Waals surface area (Å²) in [6, 6.07) is 5.20. The van der Waals surface area contributed by atoms with Crippen molar-refractivity contribution in [1.82, 2.24) is 0 Å². The molecule has 0 radical (unpaired) electrons. The van der Waals surface area contributed by atoms with Crippen molar-refractivity contribution >= 4 is 33.6 Å². The first-order valence-electron chi connectivity index (χ1n) is 4.40. The number of halogens is 1. The lowest BCUT2D eigenvalue weighted by molar-refractivity contribution is 0.414. The number of methoxy groups -OCH3 is 1. The van der Waals surface area contributed by atoms with Gasteiger partial charge in [-0.05, 0) is 41.6 Å². The second kappa shape index (κ2) is 3.84. The van der Waals surface area contributed by atoms with Crippen LogP contribution < -0.4 is 10.2 Å². The van der Waals surface area contributed by atoms with Gasteiger partial charge in [0.05, 0.1) is 16.1 Å². The van der Waals surface area contributed by atoms with Gasteiger partial charge in [0.25, 0.3) is 0 Å². The maximum Gasteiger partial charge on any atom is 0.206 e. The third-order valence-corrected chi connectivity index (χ3v) is 3.45. The predicted molar refractivity (Wildman–Crippen MR) is 66.5 cm³/mol. The fourth-order valence-electron chi connectivity index (χ4n) is 1.39. The van der Waals surface area contributed by atoms with E-state index in [1.54, 1.807) is 32.2 Å². The summed E-state index contributed by atoms with van der Waals surface area (Å²) in [5.74, 6) is 1.33. The number of ether oxygens (including phenoxy) is 1. The van der Waals surface area contributed by atoms with Crippen LogP contribution in [-0.2, 0) is 0 Å². The molecule has 0 aliphatic heterocycles. The van der Waals surface area contributed by atoms with Gasteiger partial charge in [-0.2, -0.15) is 0 Å². The summed E-state index contributed by atoms with van der Waals surface area (Å²) in [6.07, 6.45) is 0. The molecular weight excluding hydrogens is 307 g/mol. The summed E-state index contributed by atoms with van der Waals surface area (Å²) >= 11 is 2.00. The quantitative estimate of drug-likeness (QED) is 0.760. The van der Waals surface area contributed by atoms with Crippen LogP contribution in [0.15, 0.2) is 27.4 Å². The number of fused-ring (bicyclic) bond motifs is 1. The van der Waals surface area contributed by atoms with E-state index in [1.165, 1.54) is 0 Å². The number of hydrogen-bond acceptors (Lipinski definition) is 3. The SMILES string of the molecule is COc1ccc2c(=O)c(I)c(C)oc2c1. The van der Waals surface area contributed by atoms with Crippen LogP contribution in [0, 0.1) is 10.5 Å². The van der Waals surface area contributed by atoms with Crippen LogP contribution >= 0.6 is 22.6 Å². The Morgan fingerprint density at radius 3 is 2.80 bits per heavy atom. The lowest BCUT2D eigenvalue weighted by atomic mass is 10.2. The monoisotopic (exact) mass is 316 g/mol. The van der Waals surface area contributed by atoms with Crippen LogP contribution in [0.4, 0.5) is 0 Å². The van der Waals surface area contributed by atoms with Crippen molar-refractivity contribution < 1.29 is 9.15 Å². The molecule has 0 atom stereocenters. The first-order valence-corrected chi connectivity index (χ1v) is 5.48. The Labute approximate surface area is 100 Å². The van der Waals surface area contributed by atoms with Crippen molar-refractivity contribution in [3.8, 4) is 5.75 Å². The summed E-state index contributed by atoms with van der Waals surface area (Å²) < 4.78 is 11.2. The zero-order chi connectivity index (χ0) is 11.0. The Kier molecular flexibility index (Phi) is 2.68. The third-order valence-electron chi connectivity index (χ3n) is 2.20. The molecule has 3 nitrogen and oxygen atoms in total. The van der Waals surface area contributed by atoms with Crippen LogP contribution in [0.25, 0.3) is 11.0 Å². The van der Waals surface area contributed by atoms with Crippen molar-refractivity contribution in [3.05, 3.63) is 37.8 Å². The molecule has 0 fully saturated rings. The fourth-order valence-corrected chi connectivity index (χ4v) is 1.79. The number of benzene rings is 1. The van der Waals surface area contributed by atoms with Crippen LogP contribution in [0.3, 0.4) is 0 Å². The average molecular weight is 316 g/mol. The molecule has 78 valence electrons. The standard InChI is InChI=1S/C11H9IO3/c1-6-10(12)11(13)8-4-3-7(14-2)5-9(8)15-6/h3-5H,1-2H3. The van der Waals surface area contributed by atoms with Gasteiger partial charge in [0.15, 0.2) is 0 Å². The minimum absolute atomic E-state index is 0.0111. The highest BCUT2D eigenvalue weighted by Crippen LogP contribution is 2.21. The third kappa shape index (κ3) is 1.73. The van der Waals surface area contributed by atoms with E-state index in [1.807, 2.05) is 22.6 Å². The van der Waals surface area contributed by atoms with Crippen molar-refractivity contribution in [3.63, 3.8) is 0 Å². The van der Waals surface area contributed by atoms with E-state index in [9.17, 15) is 4.79 Å². The molecule has 0 unspecified atom stereocenters. The maximum atomic E-state index is 11.8. The lowest BCUT2D eigenvalue weighted by Crippen LogP contribution is -2.07. The van der Waals surface area contributed by atoms with Gasteiger partial charge in [-0.25, -0.2) is 0 Å². The van der Waals surface area contributed by atoms with E-state index in [0.717, 1.165) is 0 Å². The maximum absolute atomic E-state index is 11.8. The Morgan fingerprint density at radius 2 is 2.13 bits per heavy atom. The Morgan fingerprint density at radius 1 is 1.40 bits per heavy atom. The molecule has 0 saturated heterocycles. The Hall–Kier alpha value is -1.04. The number of aryl methyl sites for hydroxylation is 1. The van der Waals surface area contributed by atoms with Gasteiger partial charge in [-0.3, -0.25) is 4.79 Å². The van der Waals surface area contributed by atoms with Gasteiger partial charge in [0.2, 0.25) is 5.43 Å². The molecule has 1 heterocycles. The largest absolute Gasteiger partial charge is 0.497 e. The van der Waals surface area contributed by atoms with Crippen molar-refractivity contribution in [2.45, 2.75) is 6.92 Å². The lowest BCUT2D eigenvalue weighted by Gasteiger charge is -2.03. The minimum Gasteiger partial charge on any atom is -0.497 e. The van der Waals surface area contributed by atoms with E-state index < -0.39 is 0 Å². The van der Waals surface area contributed by atoms with E-state index >= 15 is 0 Å². The first-order chi connectivity index (χ1) is 7.13. The van der Waals surface area contributed by atoms with E-state index in [0.29, 0.717) is 26.0 Å². The Balaban J connectivity index is 2.86. The molecule has 15 heavy (non-hydrogen) atoms. The predicted octanol–water partition coefficient (Wildman–Crippen LogP) is 2.71. The van der Waals surface area contributed by atoms with Crippen molar-refractivity contribution in [2.75, 3.05) is 7.11 Å². The van der Waals surface area contributed by atoms with Gasteiger partial charge in [0, 0.05) is 6.07 Å². The zero-order valence-electron chi connectivity index (χ0n) is 8.33. The summed E-state index contributed by atoms with van der Waals surface area (Å²) in [5, 5.41) is 0.589. The molecule has 0 aliphatic rings. The zero-order valence-corrected chi connectivity index (χ0v) is 10.5. The van der Waals surface area contributed by atoms with Gasteiger partial charge in [0.1, 0.15) is 17.1 Å². The normalized spacial score (nSPS) is 10.6. The smallest absolute Gasteiger partial charge is 0.206 e. The minimum atomic E-state index is 0.0111. The van der Waals surface area contributed by atoms with E-state index in [2.05, 4.69) is 0 Å². The topological polar surface area (TPSA) is 39.4 Å². The number of hydrogen-bond donors (Lipinski definition) is 0. The fraction of sp³-hybridized carbons (Fsp3) is 0.182. The van der Waals surface area contributed by atoms with Gasteiger partial charge < -0.3 is 9.15 Å². The molecule has 0 amide bonds. The van der Waals surface area contributed by atoms with E-state index in [4.69, 9.17) is 9.15 Å². The molecule has 1 aromatic carbocycles. The highest BCUT2D eigenvalue weighted by atomic mass is 127. The summed E-state index contributed by atoms with van der Waals surface area (Å²) in [4.78, 5) is 11.8. The van der Waals surface area contributed by atoms with Crippen LogP contribution in [0.1, 0.15) is 5.76 Å². The van der Waals surface area contributed by atoms with Gasteiger partial charge in [-0.1, -0.05) is 0 Å². The molecule has 2 aromatic rings. The van der Waals surface area contributed by atoms with Gasteiger partial charge in [-0.15, -0.1) is 0 Å². The highest BCUT2D eigenvalue weighted by Gasteiger charge is 2.09. The second-order valence-electron chi connectivity index (χ2n) is 3.16. The Bertz CT molecular complexity index is 572. The average Bonchev–Trinajstić information content (AvgIpc) is 2.25. The number of rotatable bonds is 1. The molecule has 0 aliphatic carbocycles. The molecule has 4 heteroatoms. The molecule has 0 N–H and O–H groups in total. The van der Waals surface area contributed by atoms with Crippen LogP contribution in [0.5, 0.6) is 5.75 Å². The van der Waals surface area contributed by atoms with Crippen LogP contribution in [-0.4, -0.2) is 7.11 Å². The molecule has 0 saturated carbocycles. The van der Waals surface area contributed by atoms with Gasteiger partial charge >= 0.3 is 0 Å². The molecule has 1 aromatic heterocycles. The first kappa shape index (κ1) is 10.5. The molecular formula is C11H9IO3. The molecule has 2 rings (SSSR count). The summed E-state index contributed by atoms with van der Waals surface area (Å²) in [7, 11) is 1.58.